The van der Waals surface area contributed by atoms with E-state index in [1.807, 2.05) is 6.92 Å². The Morgan fingerprint density at radius 3 is 2.80 bits per heavy atom. The number of carbonyl (C=O) groups is 1. The van der Waals surface area contributed by atoms with E-state index in [0.717, 1.165) is 49.6 Å². The lowest BCUT2D eigenvalue weighted by molar-refractivity contribution is -0.145. The van der Waals surface area contributed by atoms with Crippen molar-refractivity contribution in [1.82, 2.24) is 9.88 Å². The minimum atomic E-state index is -0.122. The first-order chi connectivity index (χ1) is 9.69. The summed E-state index contributed by atoms with van der Waals surface area (Å²) in [7, 11) is 0. The van der Waals surface area contributed by atoms with Crippen LogP contribution in [0.5, 0.6) is 0 Å². The van der Waals surface area contributed by atoms with Crippen molar-refractivity contribution in [2.75, 3.05) is 26.2 Å². The molecule has 0 amide bonds. The third kappa shape index (κ3) is 3.38. The van der Waals surface area contributed by atoms with Crippen LogP contribution in [0.1, 0.15) is 48.7 Å². The van der Waals surface area contributed by atoms with Crippen molar-refractivity contribution in [1.29, 1.82) is 0 Å². The van der Waals surface area contributed by atoms with Gasteiger partial charge in [-0.3, -0.25) is 4.79 Å². The molecule has 0 spiro atoms. The Kier molecular flexibility index (Phi) is 5.54. The Morgan fingerprint density at radius 1 is 1.40 bits per heavy atom. The van der Waals surface area contributed by atoms with Gasteiger partial charge in [0.05, 0.1) is 17.3 Å². The molecule has 0 fully saturated rings. The van der Waals surface area contributed by atoms with Crippen LogP contribution in [0.25, 0.3) is 0 Å². The molecule has 0 saturated heterocycles. The van der Waals surface area contributed by atoms with Crippen molar-refractivity contribution < 1.29 is 9.53 Å². The molecule has 0 aliphatic heterocycles. The van der Waals surface area contributed by atoms with Crippen molar-refractivity contribution in [3.8, 4) is 0 Å². The summed E-state index contributed by atoms with van der Waals surface area (Å²) in [5, 5.41) is 1.16. The number of rotatable bonds is 7. The van der Waals surface area contributed by atoms with Gasteiger partial charge in [-0.2, -0.15) is 0 Å². The summed E-state index contributed by atoms with van der Waals surface area (Å²) in [6.45, 7) is 9.86. The predicted octanol–water partition coefficient (Wildman–Crippen LogP) is 2.62. The van der Waals surface area contributed by atoms with E-state index >= 15 is 0 Å². The number of carbonyl (C=O) groups excluding carboxylic acids is 1. The van der Waals surface area contributed by atoms with Crippen LogP contribution in [0, 0.1) is 0 Å². The predicted molar refractivity (Wildman–Crippen MR) is 81.3 cm³/mol. The fraction of sp³-hybridized carbons (Fsp3) is 0.733. The summed E-state index contributed by atoms with van der Waals surface area (Å²) in [4.78, 5) is 20.3. The van der Waals surface area contributed by atoms with E-state index in [1.165, 1.54) is 4.88 Å². The monoisotopic (exact) mass is 296 g/mol. The smallest absolute Gasteiger partial charge is 0.315 e. The molecule has 0 N–H and O–H groups in total. The molecule has 1 aliphatic carbocycles. The number of ether oxygens (including phenoxy) is 1. The van der Waals surface area contributed by atoms with Crippen LogP contribution < -0.4 is 0 Å². The molecule has 0 bridgehead atoms. The van der Waals surface area contributed by atoms with E-state index in [0.29, 0.717) is 6.61 Å². The van der Waals surface area contributed by atoms with Crippen molar-refractivity contribution in [2.45, 2.75) is 46.0 Å². The number of likely N-dealkylation sites (N-methyl/N-ethyl adjacent to an activating group) is 1. The van der Waals surface area contributed by atoms with Gasteiger partial charge in [0.1, 0.15) is 5.92 Å². The highest BCUT2D eigenvalue weighted by molar-refractivity contribution is 7.11. The molecule has 2 rings (SSSR count). The fourth-order valence-electron chi connectivity index (χ4n) is 2.65. The van der Waals surface area contributed by atoms with E-state index in [-0.39, 0.29) is 11.9 Å². The maximum absolute atomic E-state index is 11.9. The molecule has 1 aromatic rings. The second kappa shape index (κ2) is 7.18. The Bertz CT molecular complexity index is 455. The average molecular weight is 296 g/mol. The number of fused-ring (bicyclic) bond motifs is 1. The van der Waals surface area contributed by atoms with Gasteiger partial charge in [-0.1, -0.05) is 13.8 Å². The molecule has 1 unspecified atom stereocenters. The summed E-state index contributed by atoms with van der Waals surface area (Å²) in [6.07, 6.45) is 2.82. The molecule has 1 aromatic heterocycles. The molecule has 1 heterocycles. The highest BCUT2D eigenvalue weighted by Crippen LogP contribution is 2.37. The topological polar surface area (TPSA) is 42.4 Å². The van der Waals surface area contributed by atoms with Gasteiger partial charge in [0, 0.05) is 17.8 Å². The van der Waals surface area contributed by atoms with E-state index in [1.54, 1.807) is 11.3 Å². The summed E-state index contributed by atoms with van der Waals surface area (Å²) < 4.78 is 5.14. The van der Waals surface area contributed by atoms with Gasteiger partial charge in [-0.25, -0.2) is 4.98 Å². The lowest BCUT2D eigenvalue weighted by Crippen LogP contribution is -2.25. The van der Waals surface area contributed by atoms with Crippen LogP contribution in [0.4, 0.5) is 0 Å². The SMILES string of the molecule is CCOC(=O)C1CCc2sc(CCN(CC)CC)nc21. The quantitative estimate of drug-likeness (QED) is 0.725. The summed E-state index contributed by atoms with van der Waals surface area (Å²) in [5.41, 5.74) is 0.989. The number of thiazole rings is 1. The van der Waals surface area contributed by atoms with Crippen LogP contribution in [0.3, 0.4) is 0 Å². The third-order valence-corrected chi connectivity index (χ3v) is 5.06. The number of aromatic nitrogens is 1. The highest BCUT2D eigenvalue weighted by Gasteiger charge is 2.33. The van der Waals surface area contributed by atoms with Crippen LogP contribution in [-0.2, 0) is 22.4 Å². The number of hydrogen-bond donors (Lipinski definition) is 0. The Balaban J connectivity index is 1.99. The zero-order valence-corrected chi connectivity index (χ0v) is 13.5. The van der Waals surface area contributed by atoms with E-state index in [2.05, 4.69) is 18.7 Å². The van der Waals surface area contributed by atoms with Crippen molar-refractivity contribution in [2.24, 2.45) is 0 Å². The zero-order valence-electron chi connectivity index (χ0n) is 12.6. The zero-order chi connectivity index (χ0) is 14.5. The fourth-order valence-corrected chi connectivity index (χ4v) is 3.78. The second-order valence-electron chi connectivity index (χ2n) is 5.04. The lowest BCUT2D eigenvalue weighted by Gasteiger charge is -2.16. The maximum Gasteiger partial charge on any atom is 0.315 e. The Hall–Kier alpha value is -0.940. The first-order valence-electron chi connectivity index (χ1n) is 7.57. The number of hydrogen-bond acceptors (Lipinski definition) is 5. The first kappa shape index (κ1) is 15.4. The minimum Gasteiger partial charge on any atom is -0.465 e. The molecular formula is C15H24N2O2S. The Labute approximate surface area is 125 Å². The van der Waals surface area contributed by atoms with E-state index < -0.39 is 0 Å². The number of nitrogens with zero attached hydrogens (tertiary/aromatic N) is 2. The largest absolute Gasteiger partial charge is 0.465 e. The van der Waals surface area contributed by atoms with Crippen molar-refractivity contribution in [3.63, 3.8) is 0 Å². The third-order valence-electron chi connectivity index (χ3n) is 3.87. The maximum atomic E-state index is 11.9. The minimum absolute atomic E-state index is 0.105. The van der Waals surface area contributed by atoms with E-state index in [4.69, 9.17) is 9.72 Å². The molecule has 112 valence electrons. The van der Waals surface area contributed by atoms with Gasteiger partial charge >= 0.3 is 5.97 Å². The van der Waals surface area contributed by atoms with Crippen molar-refractivity contribution >= 4 is 17.3 Å². The second-order valence-corrected chi connectivity index (χ2v) is 6.20. The molecule has 1 atom stereocenters. The standard InChI is InChI=1S/C15H24N2O2S/c1-4-17(5-2)10-9-13-16-14-11(15(18)19-6-3)7-8-12(14)20-13/h11H,4-10H2,1-3H3. The molecular weight excluding hydrogens is 272 g/mol. The van der Waals surface area contributed by atoms with Crippen LogP contribution in [-0.4, -0.2) is 42.1 Å². The molecule has 0 radical (unpaired) electrons. The van der Waals surface area contributed by atoms with Crippen LogP contribution in [0.2, 0.25) is 0 Å². The summed E-state index contributed by atoms with van der Waals surface area (Å²) in [6, 6.07) is 0. The number of aryl methyl sites for hydroxylation is 1. The van der Waals surface area contributed by atoms with Gasteiger partial charge in [0.25, 0.3) is 0 Å². The Morgan fingerprint density at radius 2 is 2.15 bits per heavy atom. The molecule has 1 aliphatic rings. The molecule has 0 aromatic carbocycles. The number of esters is 1. The van der Waals surface area contributed by atoms with Gasteiger partial charge in [-0.15, -0.1) is 11.3 Å². The van der Waals surface area contributed by atoms with Gasteiger partial charge in [0.15, 0.2) is 0 Å². The van der Waals surface area contributed by atoms with Gasteiger partial charge < -0.3 is 9.64 Å². The first-order valence-corrected chi connectivity index (χ1v) is 8.38. The average Bonchev–Trinajstić information content (AvgIpc) is 2.99. The van der Waals surface area contributed by atoms with Crippen LogP contribution in [0.15, 0.2) is 0 Å². The highest BCUT2D eigenvalue weighted by atomic mass is 32.1. The lowest BCUT2D eigenvalue weighted by atomic mass is 10.1. The van der Waals surface area contributed by atoms with Gasteiger partial charge in [0.2, 0.25) is 0 Å². The van der Waals surface area contributed by atoms with Crippen molar-refractivity contribution in [3.05, 3.63) is 15.6 Å². The molecule has 4 nitrogen and oxygen atoms in total. The normalized spacial score (nSPS) is 17.5. The molecule has 20 heavy (non-hydrogen) atoms. The summed E-state index contributed by atoms with van der Waals surface area (Å²) >= 11 is 1.78. The summed E-state index contributed by atoms with van der Waals surface area (Å²) in [5.74, 6) is -0.227. The van der Waals surface area contributed by atoms with Gasteiger partial charge in [-0.05, 0) is 32.9 Å². The van der Waals surface area contributed by atoms with Crippen LogP contribution >= 0.6 is 11.3 Å². The van der Waals surface area contributed by atoms with E-state index in [9.17, 15) is 4.79 Å². The molecule has 5 heteroatoms. The molecule has 0 saturated carbocycles.